The lowest BCUT2D eigenvalue weighted by Gasteiger charge is -2.42. The first-order valence-corrected chi connectivity index (χ1v) is 12.7. The van der Waals surface area contributed by atoms with Gasteiger partial charge in [0.2, 0.25) is 16.0 Å². The second kappa shape index (κ2) is 10.9. The molecule has 11 heteroatoms. The van der Waals surface area contributed by atoms with Crippen molar-refractivity contribution in [3.8, 4) is 0 Å². The van der Waals surface area contributed by atoms with Gasteiger partial charge in [-0.3, -0.25) is 9.71 Å². The van der Waals surface area contributed by atoms with E-state index in [1.807, 2.05) is 20.8 Å². The van der Waals surface area contributed by atoms with Gasteiger partial charge in [-0.1, -0.05) is 20.8 Å². The molecule has 0 amide bonds. The van der Waals surface area contributed by atoms with Crippen molar-refractivity contribution in [2.45, 2.75) is 63.5 Å². The molecule has 172 valence electrons. The second-order valence-electron chi connectivity index (χ2n) is 8.21. The van der Waals surface area contributed by atoms with Crippen molar-refractivity contribution in [3.05, 3.63) is 16.6 Å². The number of nitrogens with zero attached hydrogens (tertiary/aromatic N) is 2. The fourth-order valence-electron chi connectivity index (χ4n) is 4.26. The number of aliphatic hydroxyl groups excluding tert-OH is 1. The average Bonchev–Trinajstić information content (AvgIpc) is 3.21. The first kappa shape index (κ1) is 25.0. The molecule has 0 radical (unpaired) electrons. The van der Waals surface area contributed by atoms with E-state index in [0.717, 1.165) is 0 Å². The maximum Gasteiger partial charge on any atom is 0.238 e. The van der Waals surface area contributed by atoms with Crippen LogP contribution in [-0.4, -0.2) is 55.5 Å². The van der Waals surface area contributed by atoms with Gasteiger partial charge in [-0.25, -0.2) is 13.4 Å². The minimum Gasteiger partial charge on any atom is -0.384 e. The van der Waals surface area contributed by atoms with E-state index in [1.165, 1.54) is 11.3 Å². The summed E-state index contributed by atoms with van der Waals surface area (Å²) in [7, 11) is -2.01. The van der Waals surface area contributed by atoms with Crippen molar-refractivity contribution in [2.24, 2.45) is 34.2 Å². The van der Waals surface area contributed by atoms with Crippen LogP contribution in [0.5, 0.6) is 0 Å². The van der Waals surface area contributed by atoms with E-state index in [-0.39, 0.29) is 29.8 Å². The van der Waals surface area contributed by atoms with Gasteiger partial charge in [0.15, 0.2) is 0 Å². The van der Waals surface area contributed by atoms with Crippen LogP contribution >= 0.6 is 11.3 Å². The van der Waals surface area contributed by atoms with Gasteiger partial charge in [-0.05, 0) is 37.0 Å². The van der Waals surface area contributed by atoms with Gasteiger partial charge < -0.3 is 21.3 Å². The van der Waals surface area contributed by atoms with Gasteiger partial charge in [0.25, 0.3) is 0 Å². The first-order valence-electron chi connectivity index (χ1n) is 10.3. The minimum absolute atomic E-state index is 0.0522. The van der Waals surface area contributed by atoms with Crippen LogP contribution in [0.4, 0.5) is 0 Å². The first-order chi connectivity index (χ1) is 14.1. The number of hydrogen-bond donors (Lipinski definition) is 4. The molecular weight excluding hydrogens is 426 g/mol. The molecule has 7 atom stereocenters. The van der Waals surface area contributed by atoms with Gasteiger partial charge in [0.1, 0.15) is 11.1 Å². The molecule has 0 aliphatic heterocycles. The van der Waals surface area contributed by atoms with Crippen LogP contribution in [0.3, 0.4) is 0 Å². The highest BCUT2D eigenvalue weighted by Gasteiger charge is 2.45. The lowest BCUT2D eigenvalue weighted by molar-refractivity contribution is -0.00789. The van der Waals surface area contributed by atoms with Crippen LogP contribution < -0.4 is 16.2 Å². The summed E-state index contributed by atoms with van der Waals surface area (Å²) < 4.78 is 33.9. The van der Waals surface area contributed by atoms with Crippen molar-refractivity contribution < 1.29 is 18.3 Å². The number of guanidine groups is 1. The van der Waals surface area contributed by atoms with E-state index in [0.29, 0.717) is 30.8 Å². The Morgan fingerprint density at radius 2 is 2.13 bits per heavy atom. The Kier molecular flexibility index (Phi) is 9.04. The number of sulfonamides is 1. The number of hydrogen-bond acceptors (Lipinski definition) is 8. The van der Waals surface area contributed by atoms with Gasteiger partial charge in [0.05, 0.1) is 11.4 Å². The van der Waals surface area contributed by atoms with Crippen LogP contribution in [0.15, 0.2) is 16.6 Å². The van der Waals surface area contributed by atoms with Crippen molar-refractivity contribution in [1.29, 1.82) is 0 Å². The third-order valence-corrected chi connectivity index (χ3v) is 9.04. The number of rotatable bonds is 9. The molecule has 1 aromatic rings. The molecule has 1 heterocycles. The third-order valence-electron chi connectivity index (χ3n) is 6.09. The average molecular weight is 462 g/mol. The smallest absolute Gasteiger partial charge is 0.238 e. The number of nitrogens with two attached hydrogens (primary N) is 2. The molecule has 1 saturated carbocycles. The number of methoxy groups -OCH3 is 1. The van der Waals surface area contributed by atoms with Crippen LogP contribution in [0.2, 0.25) is 0 Å². The van der Waals surface area contributed by atoms with E-state index in [4.69, 9.17) is 16.2 Å². The standard InChI is InChI=1S/C19H35N5O4S2/c1-11-10-15(28-4)12(2)13(3)17(11)30(26,27)24-19(21)23-7-5-6-14(20)16(25)18-22-8-9-29-18/h8-9,11-17,25H,5-7,10,20H2,1-4H3,(H3,21,23,24). The van der Waals surface area contributed by atoms with Crippen LogP contribution in [0.25, 0.3) is 0 Å². The minimum atomic E-state index is -3.67. The summed E-state index contributed by atoms with van der Waals surface area (Å²) in [4.78, 5) is 8.19. The van der Waals surface area contributed by atoms with Gasteiger partial charge >= 0.3 is 0 Å². The van der Waals surface area contributed by atoms with Gasteiger partial charge in [-0.15, -0.1) is 11.3 Å². The van der Waals surface area contributed by atoms with Crippen molar-refractivity contribution in [1.82, 2.24) is 9.71 Å². The summed E-state index contributed by atoms with van der Waals surface area (Å²) in [5.74, 6) is -0.132. The molecule has 2 rings (SSSR count). The summed E-state index contributed by atoms with van der Waals surface area (Å²) in [5.41, 5.74) is 11.9. The predicted octanol–water partition coefficient (Wildman–Crippen LogP) is 1.21. The Hall–Kier alpha value is -1.27. The Bertz CT molecular complexity index is 787. The van der Waals surface area contributed by atoms with Crippen molar-refractivity contribution in [3.63, 3.8) is 0 Å². The van der Waals surface area contributed by atoms with Gasteiger partial charge in [0, 0.05) is 31.3 Å². The van der Waals surface area contributed by atoms with E-state index < -0.39 is 27.4 Å². The topological polar surface area (TPSA) is 153 Å². The summed E-state index contributed by atoms with van der Waals surface area (Å²) in [6.45, 7) is 6.21. The Morgan fingerprint density at radius 1 is 1.43 bits per heavy atom. The highest BCUT2D eigenvalue weighted by atomic mass is 32.2. The SMILES string of the molecule is COC1CC(C)C(S(=O)(=O)NC(N)=NCCCC(N)C(O)c2nccs2)C(C)C1C. The molecule has 30 heavy (non-hydrogen) atoms. The third kappa shape index (κ3) is 6.13. The number of aromatic nitrogens is 1. The molecule has 7 unspecified atom stereocenters. The number of aliphatic imine (C=N–C) groups is 1. The number of thiazole rings is 1. The molecule has 9 nitrogen and oxygen atoms in total. The largest absolute Gasteiger partial charge is 0.384 e. The number of ether oxygens (including phenoxy) is 1. The van der Waals surface area contributed by atoms with Crippen LogP contribution in [-0.2, 0) is 14.8 Å². The summed E-state index contributed by atoms with van der Waals surface area (Å²) in [6.07, 6.45) is 2.61. The summed E-state index contributed by atoms with van der Waals surface area (Å²) in [5, 5.41) is 12.0. The molecule has 1 fully saturated rings. The molecule has 0 spiro atoms. The fourth-order valence-corrected chi connectivity index (χ4v) is 6.99. The van der Waals surface area contributed by atoms with Crippen LogP contribution in [0, 0.1) is 17.8 Å². The predicted molar refractivity (Wildman–Crippen MR) is 120 cm³/mol. The van der Waals surface area contributed by atoms with E-state index >= 15 is 0 Å². The molecule has 1 aromatic heterocycles. The monoisotopic (exact) mass is 461 g/mol. The zero-order valence-corrected chi connectivity index (χ0v) is 19.7. The fraction of sp³-hybridized carbons (Fsp3) is 0.789. The Morgan fingerprint density at radius 3 is 2.73 bits per heavy atom. The van der Waals surface area contributed by atoms with Crippen LogP contribution in [0.1, 0.15) is 51.1 Å². The molecule has 1 aliphatic carbocycles. The Balaban J connectivity index is 1.88. The maximum absolute atomic E-state index is 12.9. The van der Waals surface area contributed by atoms with E-state index in [1.54, 1.807) is 18.7 Å². The quantitative estimate of drug-likeness (QED) is 0.245. The highest BCUT2D eigenvalue weighted by molar-refractivity contribution is 7.90. The van der Waals surface area contributed by atoms with E-state index in [9.17, 15) is 13.5 Å². The number of nitrogens with one attached hydrogen (secondary N) is 1. The normalized spacial score (nSPS) is 30.1. The highest BCUT2D eigenvalue weighted by Crippen LogP contribution is 2.38. The maximum atomic E-state index is 12.9. The zero-order valence-electron chi connectivity index (χ0n) is 18.1. The van der Waals surface area contributed by atoms with Crippen molar-refractivity contribution >= 4 is 27.3 Å². The van der Waals surface area contributed by atoms with E-state index in [2.05, 4.69) is 14.7 Å². The molecule has 1 aliphatic rings. The molecule has 0 bridgehead atoms. The Labute approximate surface area is 183 Å². The lowest BCUT2D eigenvalue weighted by atomic mass is 9.74. The lowest BCUT2D eigenvalue weighted by Crippen LogP contribution is -2.53. The summed E-state index contributed by atoms with van der Waals surface area (Å²) in [6, 6.07) is -0.469. The molecule has 0 aromatic carbocycles. The molecule has 0 saturated heterocycles. The number of aliphatic hydroxyl groups is 1. The molecular formula is C19H35N5O4S2. The van der Waals surface area contributed by atoms with Crippen molar-refractivity contribution in [2.75, 3.05) is 13.7 Å². The zero-order chi connectivity index (χ0) is 22.5. The molecule has 6 N–H and O–H groups in total. The second-order valence-corrected chi connectivity index (χ2v) is 11.0. The summed E-state index contributed by atoms with van der Waals surface area (Å²) >= 11 is 1.35. The van der Waals surface area contributed by atoms with Gasteiger partial charge in [-0.2, -0.15) is 0 Å².